The van der Waals surface area contributed by atoms with Crippen LogP contribution in [0.1, 0.15) is 29.6 Å². The maximum atomic E-state index is 10.8. The Kier molecular flexibility index (Phi) is 4.81. The van der Waals surface area contributed by atoms with Gasteiger partial charge >= 0.3 is 6.03 Å². The minimum atomic E-state index is -0.790. The van der Waals surface area contributed by atoms with Gasteiger partial charge in [-0.25, -0.2) is 4.79 Å². The number of hydrogen-bond donors (Lipinski definition) is 3. The van der Waals surface area contributed by atoms with Crippen molar-refractivity contribution in [2.45, 2.75) is 25.6 Å². The van der Waals surface area contributed by atoms with Crippen LogP contribution in [0.25, 0.3) is 0 Å². The standard InChI is InChI=1S/C15H23N7O2/c1-20-13(3-4-18-20)14(23)12-9-11-10-21(8-5-17-15(16)24)6-2-7-22(11)19-12/h3-4,9,14,23H,2,5-8,10H2,1H3,(H3,16,17,24)/t14-/m0/s1. The van der Waals surface area contributed by atoms with Crippen LogP contribution >= 0.6 is 0 Å². The number of aliphatic hydroxyl groups excluding tert-OH is 1. The van der Waals surface area contributed by atoms with E-state index >= 15 is 0 Å². The summed E-state index contributed by atoms with van der Waals surface area (Å²) in [5.74, 6) is 0. The van der Waals surface area contributed by atoms with E-state index in [0.29, 0.717) is 17.9 Å². The summed E-state index contributed by atoms with van der Waals surface area (Å²) in [6.45, 7) is 3.73. The summed E-state index contributed by atoms with van der Waals surface area (Å²) in [5, 5.41) is 21.8. The molecular formula is C15H23N7O2. The van der Waals surface area contributed by atoms with Gasteiger partial charge in [0.25, 0.3) is 0 Å². The Labute approximate surface area is 140 Å². The van der Waals surface area contributed by atoms with Crippen LogP contribution in [0.4, 0.5) is 4.79 Å². The molecule has 1 aliphatic heterocycles. The van der Waals surface area contributed by atoms with Gasteiger partial charge in [-0.3, -0.25) is 14.3 Å². The largest absolute Gasteiger partial charge is 0.380 e. The number of urea groups is 1. The van der Waals surface area contributed by atoms with Gasteiger partial charge in [0.2, 0.25) is 0 Å². The lowest BCUT2D eigenvalue weighted by atomic mass is 10.2. The monoisotopic (exact) mass is 333 g/mol. The van der Waals surface area contributed by atoms with E-state index in [1.165, 1.54) is 0 Å². The molecule has 0 saturated heterocycles. The number of hydrogen-bond acceptors (Lipinski definition) is 5. The zero-order chi connectivity index (χ0) is 17.1. The molecule has 0 unspecified atom stereocenters. The van der Waals surface area contributed by atoms with E-state index in [4.69, 9.17) is 5.73 Å². The zero-order valence-electron chi connectivity index (χ0n) is 13.7. The molecule has 9 heteroatoms. The van der Waals surface area contributed by atoms with Crippen molar-refractivity contribution in [3.05, 3.63) is 35.4 Å². The topological polar surface area (TPSA) is 114 Å². The molecule has 0 aromatic carbocycles. The van der Waals surface area contributed by atoms with Gasteiger partial charge in [-0.15, -0.1) is 0 Å². The molecule has 0 aliphatic carbocycles. The van der Waals surface area contributed by atoms with Gasteiger partial charge in [0.1, 0.15) is 6.10 Å². The quantitative estimate of drug-likeness (QED) is 0.687. The average Bonchev–Trinajstić information content (AvgIpc) is 3.08. The van der Waals surface area contributed by atoms with Gasteiger partial charge < -0.3 is 16.2 Å². The first-order valence-electron chi connectivity index (χ1n) is 8.03. The van der Waals surface area contributed by atoms with E-state index in [9.17, 15) is 9.90 Å². The van der Waals surface area contributed by atoms with E-state index in [1.54, 1.807) is 24.0 Å². The first kappa shape index (κ1) is 16.5. The number of carbonyl (C=O) groups is 1. The third-order valence-electron chi connectivity index (χ3n) is 4.26. The number of aromatic nitrogens is 4. The van der Waals surface area contributed by atoms with Crippen LogP contribution in [0.2, 0.25) is 0 Å². The normalized spacial score (nSPS) is 16.4. The number of carbonyl (C=O) groups excluding carboxylic acids is 1. The van der Waals surface area contributed by atoms with Gasteiger partial charge in [0, 0.05) is 46.0 Å². The molecule has 0 radical (unpaired) electrons. The zero-order valence-corrected chi connectivity index (χ0v) is 13.7. The maximum absolute atomic E-state index is 10.8. The number of rotatable bonds is 5. The lowest BCUT2D eigenvalue weighted by Gasteiger charge is -2.19. The Morgan fingerprint density at radius 3 is 3.04 bits per heavy atom. The first-order valence-corrected chi connectivity index (χ1v) is 8.03. The molecule has 3 heterocycles. The molecule has 1 atom stereocenters. The molecule has 0 spiro atoms. The van der Waals surface area contributed by atoms with Crippen LogP contribution < -0.4 is 11.1 Å². The van der Waals surface area contributed by atoms with Crippen LogP contribution in [0, 0.1) is 0 Å². The predicted molar refractivity (Wildman–Crippen MR) is 87.0 cm³/mol. The summed E-state index contributed by atoms with van der Waals surface area (Å²) in [7, 11) is 1.80. The number of nitrogens with two attached hydrogens (primary N) is 1. The smallest absolute Gasteiger partial charge is 0.312 e. The van der Waals surface area contributed by atoms with Crippen LogP contribution in [0.15, 0.2) is 18.3 Å². The van der Waals surface area contributed by atoms with Crippen LogP contribution in [-0.4, -0.2) is 55.2 Å². The molecule has 2 aromatic rings. The Morgan fingerprint density at radius 2 is 2.33 bits per heavy atom. The molecule has 4 N–H and O–H groups in total. The van der Waals surface area contributed by atoms with E-state index in [-0.39, 0.29) is 0 Å². The van der Waals surface area contributed by atoms with Crippen molar-refractivity contribution in [2.24, 2.45) is 12.8 Å². The summed E-state index contributed by atoms with van der Waals surface area (Å²) >= 11 is 0. The molecule has 2 amide bonds. The van der Waals surface area contributed by atoms with Crippen LogP contribution in [0.5, 0.6) is 0 Å². The summed E-state index contributed by atoms with van der Waals surface area (Å²) in [5.41, 5.74) is 7.50. The van der Waals surface area contributed by atoms with E-state index < -0.39 is 12.1 Å². The molecule has 9 nitrogen and oxygen atoms in total. The fourth-order valence-corrected chi connectivity index (χ4v) is 3.02. The van der Waals surface area contributed by atoms with Gasteiger partial charge in [-0.2, -0.15) is 10.2 Å². The highest BCUT2D eigenvalue weighted by atomic mass is 16.3. The van der Waals surface area contributed by atoms with Gasteiger partial charge in [0.05, 0.1) is 17.1 Å². The van der Waals surface area contributed by atoms with Crippen molar-refractivity contribution < 1.29 is 9.90 Å². The van der Waals surface area contributed by atoms with E-state index in [1.807, 2.05) is 10.7 Å². The number of aryl methyl sites for hydroxylation is 2. The summed E-state index contributed by atoms with van der Waals surface area (Å²) < 4.78 is 3.60. The van der Waals surface area contributed by atoms with E-state index in [0.717, 1.165) is 38.3 Å². The minimum Gasteiger partial charge on any atom is -0.380 e. The second kappa shape index (κ2) is 7.02. The number of nitrogens with one attached hydrogen (secondary N) is 1. The highest BCUT2D eigenvalue weighted by Gasteiger charge is 2.22. The Hall–Kier alpha value is -2.39. The summed E-state index contributed by atoms with van der Waals surface area (Å²) in [4.78, 5) is 13.0. The number of primary amides is 1. The molecular weight excluding hydrogens is 310 g/mol. The van der Waals surface area contributed by atoms with Crippen LogP contribution in [-0.2, 0) is 20.1 Å². The second-order valence-corrected chi connectivity index (χ2v) is 5.99. The minimum absolute atomic E-state index is 0.503. The molecule has 0 fully saturated rings. The van der Waals surface area contributed by atoms with Gasteiger partial charge in [-0.05, 0) is 18.6 Å². The number of aliphatic hydroxyl groups is 1. The van der Waals surface area contributed by atoms with Crippen LogP contribution in [0.3, 0.4) is 0 Å². The fraction of sp³-hybridized carbons (Fsp3) is 0.533. The van der Waals surface area contributed by atoms with Gasteiger partial charge in [0.15, 0.2) is 0 Å². The Morgan fingerprint density at radius 1 is 1.50 bits per heavy atom. The average molecular weight is 333 g/mol. The summed E-state index contributed by atoms with van der Waals surface area (Å²) in [6.07, 6.45) is 1.83. The van der Waals surface area contributed by atoms with Crippen molar-refractivity contribution in [1.29, 1.82) is 0 Å². The fourth-order valence-electron chi connectivity index (χ4n) is 3.02. The van der Waals surface area contributed by atoms with Crippen molar-refractivity contribution in [3.63, 3.8) is 0 Å². The van der Waals surface area contributed by atoms with Gasteiger partial charge in [-0.1, -0.05) is 0 Å². The Bertz CT molecular complexity index is 708. The van der Waals surface area contributed by atoms with Crippen molar-refractivity contribution >= 4 is 6.03 Å². The van der Waals surface area contributed by atoms with E-state index in [2.05, 4.69) is 20.4 Å². The van der Waals surface area contributed by atoms with Crippen molar-refractivity contribution in [2.75, 3.05) is 19.6 Å². The molecule has 1 aliphatic rings. The third-order valence-corrected chi connectivity index (χ3v) is 4.26. The SMILES string of the molecule is Cn1nccc1[C@@H](O)c1cc2n(n1)CCCN(CCNC(N)=O)C2. The first-order chi connectivity index (χ1) is 11.5. The molecule has 0 bridgehead atoms. The molecule has 2 aromatic heterocycles. The molecule has 130 valence electrons. The summed E-state index contributed by atoms with van der Waals surface area (Å²) in [6, 6.07) is 3.23. The number of amides is 2. The number of nitrogens with zero attached hydrogens (tertiary/aromatic N) is 5. The lowest BCUT2D eigenvalue weighted by molar-refractivity contribution is 0.203. The highest BCUT2D eigenvalue weighted by Crippen LogP contribution is 2.23. The second-order valence-electron chi connectivity index (χ2n) is 5.99. The lowest BCUT2D eigenvalue weighted by Crippen LogP contribution is -2.37. The van der Waals surface area contributed by atoms with Crippen molar-refractivity contribution in [1.82, 2.24) is 29.8 Å². The Balaban J connectivity index is 1.70. The van der Waals surface area contributed by atoms with Crippen molar-refractivity contribution in [3.8, 4) is 0 Å². The molecule has 3 rings (SSSR count). The molecule has 24 heavy (non-hydrogen) atoms. The maximum Gasteiger partial charge on any atom is 0.312 e. The molecule has 0 saturated carbocycles. The number of fused-ring (bicyclic) bond motifs is 1. The highest BCUT2D eigenvalue weighted by molar-refractivity contribution is 5.71. The third kappa shape index (κ3) is 3.57. The predicted octanol–water partition coefficient (Wildman–Crippen LogP) is -0.428.